The van der Waals surface area contributed by atoms with Crippen molar-refractivity contribution < 1.29 is 22.1 Å². The molecule has 8 heteroatoms. The molecule has 0 amide bonds. The van der Waals surface area contributed by atoms with E-state index < -0.39 is 28.2 Å². The predicted octanol–water partition coefficient (Wildman–Crippen LogP) is 1.60. The molecule has 1 aliphatic rings. The van der Waals surface area contributed by atoms with Crippen molar-refractivity contribution in [2.24, 2.45) is 0 Å². The van der Waals surface area contributed by atoms with E-state index in [1.165, 1.54) is 19.2 Å². The molecule has 26 heavy (non-hydrogen) atoms. The van der Waals surface area contributed by atoms with Gasteiger partial charge in [0.1, 0.15) is 6.04 Å². The molecule has 2 atom stereocenters. The highest BCUT2D eigenvalue weighted by Gasteiger charge is 2.40. The van der Waals surface area contributed by atoms with Gasteiger partial charge in [-0.15, -0.1) is 0 Å². The molecule has 1 aliphatic heterocycles. The molecule has 0 unspecified atom stereocenters. The van der Waals surface area contributed by atoms with Crippen LogP contribution in [0.3, 0.4) is 0 Å². The van der Waals surface area contributed by atoms with Gasteiger partial charge in [-0.25, -0.2) is 0 Å². The van der Waals surface area contributed by atoms with Crippen molar-refractivity contribution in [3.05, 3.63) is 60.4 Å². The Hall–Kier alpha value is -2.29. The number of hydrogen-bond donors (Lipinski definition) is 0. The van der Waals surface area contributed by atoms with Gasteiger partial charge >= 0.3 is 5.97 Å². The van der Waals surface area contributed by atoms with Gasteiger partial charge in [0.25, 0.3) is 10.1 Å². The van der Waals surface area contributed by atoms with E-state index in [4.69, 9.17) is 8.92 Å². The van der Waals surface area contributed by atoms with Gasteiger partial charge in [-0.3, -0.25) is 18.9 Å². The summed E-state index contributed by atoms with van der Waals surface area (Å²) < 4.78 is 35.1. The highest BCUT2D eigenvalue weighted by Crippen LogP contribution is 2.26. The molecule has 0 spiro atoms. The van der Waals surface area contributed by atoms with Gasteiger partial charge < -0.3 is 4.74 Å². The van der Waals surface area contributed by atoms with Gasteiger partial charge in [0.05, 0.1) is 18.1 Å². The number of ether oxygens (including phenoxy) is 1. The second-order valence-corrected chi connectivity index (χ2v) is 7.62. The number of rotatable bonds is 6. The Bertz CT molecular complexity index is 842. The molecule has 0 aliphatic carbocycles. The minimum Gasteiger partial charge on any atom is -0.468 e. The number of carbonyl (C=O) groups is 1. The van der Waals surface area contributed by atoms with Gasteiger partial charge in [-0.05, 0) is 23.8 Å². The standard InChI is InChI=1S/C18H20N2O5S/c1-24-18(21)17-10-15(13-20(17)12-14-6-5-9-19-11-14)25-26(22,23)16-7-3-2-4-8-16/h2-9,11,15,17H,10,12-13H2,1H3/t15-,17-/m0/s1. The normalized spacial score (nSPS) is 20.8. The lowest BCUT2D eigenvalue weighted by molar-refractivity contribution is -0.146. The number of methoxy groups -OCH3 is 1. The van der Waals surface area contributed by atoms with Gasteiger partial charge in [0.15, 0.2) is 0 Å². The summed E-state index contributed by atoms with van der Waals surface area (Å²) in [5.41, 5.74) is 0.924. The van der Waals surface area contributed by atoms with Crippen LogP contribution in [0.2, 0.25) is 0 Å². The largest absolute Gasteiger partial charge is 0.468 e. The first-order chi connectivity index (χ1) is 12.5. The zero-order valence-corrected chi connectivity index (χ0v) is 15.1. The summed E-state index contributed by atoms with van der Waals surface area (Å²) in [5, 5.41) is 0. The van der Waals surface area contributed by atoms with E-state index in [1.54, 1.807) is 30.6 Å². The fourth-order valence-electron chi connectivity index (χ4n) is 3.04. The van der Waals surface area contributed by atoms with Crippen LogP contribution >= 0.6 is 0 Å². The molecule has 1 aromatic carbocycles. The van der Waals surface area contributed by atoms with Gasteiger partial charge in [0.2, 0.25) is 0 Å². The van der Waals surface area contributed by atoms with Crippen LogP contribution in [-0.2, 0) is 30.4 Å². The first-order valence-corrected chi connectivity index (χ1v) is 9.59. The molecular formula is C18H20N2O5S. The van der Waals surface area contributed by atoms with Crippen molar-refractivity contribution in [2.45, 2.75) is 30.0 Å². The average molecular weight is 376 g/mol. The lowest BCUT2D eigenvalue weighted by Crippen LogP contribution is -2.36. The van der Waals surface area contributed by atoms with Crippen LogP contribution in [0.25, 0.3) is 0 Å². The monoisotopic (exact) mass is 376 g/mol. The molecule has 1 aromatic heterocycles. The summed E-state index contributed by atoms with van der Waals surface area (Å²) in [5.74, 6) is -0.405. The number of likely N-dealkylation sites (tertiary alicyclic amines) is 1. The fourth-order valence-corrected chi connectivity index (χ4v) is 4.13. The minimum atomic E-state index is -3.89. The van der Waals surface area contributed by atoms with Crippen LogP contribution in [0.5, 0.6) is 0 Å². The molecule has 3 rings (SSSR count). The Morgan fingerprint density at radius 2 is 2.00 bits per heavy atom. The van der Waals surface area contributed by atoms with Crippen LogP contribution in [-0.4, -0.2) is 50.1 Å². The highest BCUT2D eigenvalue weighted by molar-refractivity contribution is 7.86. The Morgan fingerprint density at radius 1 is 1.23 bits per heavy atom. The number of esters is 1. The van der Waals surface area contributed by atoms with E-state index in [1.807, 2.05) is 17.0 Å². The molecular weight excluding hydrogens is 356 g/mol. The highest BCUT2D eigenvalue weighted by atomic mass is 32.2. The topological polar surface area (TPSA) is 85.8 Å². The molecule has 1 fully saturated rings. The molecule has 138 valence electrons. The predicted molar refractivity (Wildman–Crippen MR) is 93.6 cm³/mol. The quantitative estimate of drug-likeness (QED) is 0.559. The van der Waals surface area contributed by atoms with Crippen molar-refractivity contribution in [3.63, 3.8) is 0 Å². The van der Waals surface area contributed by atoms with E-state index in [9.17, 15) is 13.2 Å². The summed E-state index contributed by atoms with van der Waals surface area (Å²) in [6.07, 6.45) is 3.01. The number of carbonyl (C=O) groups excluding carboxylic acids is 1. The molecule has 0 radical (unpaired) electrons. The third-order valence-corrected chi connectivity index (χ3v) is 5.62. The Morgan fingerprint density at radius 3 is 2.65 bits per heavy atom. The van der Waals surface area contributed by atoms with Crippen molar-refractivity contribution in [1.82, 2.24) is 9.88 Å². The maximum atomic E-state index is 12.4. The van der Waals surface area contributed by atoms with E-state index in [2.05, 4.69) is 4.98 Å². The summed E-state index contributed by atoms with van der Waals surface area (Å²) >= 11 is 0. The molecule has 7 nitrogen and oxygen atoms in total. The number of benzene rings is 1. The van der Waals surface area contributed by atoms with Gasteiger partial charge in [-0.2, -0.15) is 8.42 Å². The van der Waals surface area contributed by atoms with E-state index in [0.717, 1.165) is 5.56 Å². The lowest BCUT2D eigenvalue weighted by atomic mass is 10.2. The molecule has 0 N–H and O–H groups in total. The minimum absolute atomic E-state index is 0.0975. The Balaban J connectivity index is 1.74. The van der Waals surface area contributed by atoms with E-state index >= 15 is 0 Å². The Labute approximate surface area is 152 Å². The van der Waals surface area contributed by atoms with Crippen LogP contribution in [0, 0.1) is 0 Å². The van der Waals surface area contributed by atoms with Crippen molar-refractivity contribution in [2.75, 3.05) is 13.7 Å². The van der Waals surface area contributed by atoms with Gasteiger partial charge in [0, 0.05) is 31.9 Å². The number of hydrogen-bond acceptors (Lipinski definition) is 7. The van der Waals surface area contributed by atoms with E-state index in [0.29, 0.717) is 13.1 Å². The maximum absolute atomic E-state index is 12.4. The van der Waals surface area contributed by atoms with Crippen LogP contribution in [0.1, 0.15) is 12.0 Å². The second-order valence-electron chi connectivity index (χ2n) is 6.05. The van der Waals surface area contributed by atoms with E-state index in [-0.39, 0.29) is 11.3 Å². The summed E-state index contributed by atoms with van der Waals surface area (Å²) in [4.78, 5) is 18.1. The first-order valence-electron chi connectivity index (χ1n) is 8.19. The molecule has 1 saturated heterocycles. The summed E-state index contributed by atoms with van der Waals surface area (Å²) in [6, 6.07) is 11.1. The van der Waals surface area contributed by atoms with Crippen molar-refractivity contribution in [3.8, 4) is 0 Å². The van der Waals surface area contributed by atoms with Crippen molar-refractivity contribution in [1.29, 1.82) is 0 Å². The molecule has 0 saturated carbocycles. The maximum Gasteiger partial charge on any atom is 0.323 e. The summed E-state index contributed by atoms with van der Waals surface area (Å²) in [6.45, 7) is 0.763. The average Bonchev–Trinajstić information content (AvgIpc) is 3.04. The van der Waals surface area contributed by atoms with Crippen LogP contribution < -0.4 is 0 Å². The zero-order valence-electron chi connectivity index (χ0n) is 14.3. The molecule has 2 heterocycles. The third-order valence-electron chi connectivity index (χ3n) is 4.24. The zero-order chi connectivity index (χ0) is 18.6. The van der Waals surface area contributed by atoms with Crippen molar-refractivity contribution >= 4 is 16.1 Å². The molecule has 0 bridgehead atoms. The number of aromatic nitrogens is 1. The first kappa shape index (κ1) is 18.5. The fraction of sp³-hybridized carbons (Fsp3) is 0.333. The van der Waals surface area contributed by atoms with Gasteiger partial charge in [-0.1, -0.05) is 24.3 Å². The Kier molecular flexibility index (Phi) is 5.65. The number of pyridine rings is 1. The lowest BCUT2D eigenvalue weighted by Gasteiger charge is -2.21. The van der Waals surface area contributed by atoms with Crippen LogP contribution in [0.4, 0.5) is 0 Å². The van der Waals surface area contributed by atoms with Crippen LogP contribution in [0.15, 0.2) is 59.8 Å². The summed E-state index contributed by atoms with van der Waals surface area (Å²) in [7, 11) is -2.57. The number of nitrogens with zero attached hydrogens (tertiary/aromatic N) is 2. The third kappa shape index (κ3) is 4.27. The second kappa shape index (κ2) is 7.94. The molecule has 2 aromatic rings. The SMILES string of the molecule is COC(=O)[C@@H]1C[C@H](OS(=O)(=O)c2ccccc2)CN1Cc1cccnc1. The smallest absolute Gasteiger partial charge is 0.323 e.